The zero-order valence-electron chi connectivity index (χ0n) is 10.9. The Morgan fingerprint density at radius 1 is 1.32 bits per heavy atom. The summed E-state index contributed by atoms with van der Waals surface area (Å²) in [4.78, 5) is 11.8. The van der Waals surface area contributed by atoms with Crippen LogP contribution < -0.4 is 0 Å². The van der Waals surface area contributed by atoms with Crippen molar-refractivity contribution in [2.75, 3.05) is 6.61 Å². The van der Waals surface area contributed by atoms with Crippen LogP contribution in [0.15, 0.2) is 42.6 Å². The minimum absolute atomic E-state index is 0.345. The van der Waals surface area contributed by atoms with Crippen LogP contribution in [0.2, 0.25) is 0 Å². The lowest BCUT2D eigenvalue weighted by Gasteiger charge is -2.11. The van der Waals surface area contributed by atoms with Crippen LogP contribution in [0.4, 0.5) is 0 Å². The third kappa shape index (κ3) is 2.90. The van der Waals surface area contributed by atoms with Gasteiger partial charge in [0.1, 0.15) is 0 Å². The van der Waals surface area contributed by atoms with Gasteiger partial charge in [0.15, 0.2) is 0 Å². The summed E-state index contributed by atoms with van der Waals surface area (Å²) in [5.41, 5.74) is 2.46. The van der Waals surface area contributed by atoms with Gasteiger partial charge in [-0.25, -0.2) is 4.79 Å². The van der Waals surface area contributed by atoms with Crippen LogP contribution >= 0.6 is 12.2 Å². The van der Waals surface area contributed by atoms with E-state index in [2.05, 4.69) is 0 Å². The number of benzene rings is 1. The zero-order valence-corrected chi connectivity index (χ0v) is 11.7. The van der Waals surface area contributed by atoms with Gasteiger partial charge in [-0.2, -0.15) is 0 Å². The number of carbonyl (C=O) groups is 1. The molecule has 0 spiro atoms. The fourth-order valence-corrected chi connectivity index (χ4v) is 2.14. The number of aromatic nitrogens is 1. The Morgan fingerprint density at radius 2 is 2.00 bits per heavy atom. The molecular formula is C15H15NO2S. The minimum Gasteiger partial charge on any atom is -0.462 e. The summed E-state index contributed by atoms with van der Waals surface area (Å²) in [7, 11) is 1.89. The molecule has 2 aromatic rings. The van der Waals surface area contributed by atoms with Crippen molar-refractivity contribution < 1.29 is 9.53 Å². The lowest BCUT2D eigenvalue weighted by Crippen LogP contribution is -2.09. The van der Waals surface area contributed by atoms with Gasteiger partial charge in [0.2, 0.25) is 0 Å². The van der Waals surface area contributed by atoms with E-state index in [0.29, 0.717) is 16.7 Å². The molecule has 0 unspecified atom stereocenters. The maximum Gasteiger partial charge on any atom is 0.341 e. The van der Waals surface area contributed by atoms with E-state index < -0.39 is 0 Å². The number of aryl methyl sites for hydroxylation is 1. The van der Waals surface area contributed by atoms with Gasteiger partial charge in [-0.3, -0.25) is 0 Å². The summed E-state index contributed by atoms with van der Waals surface area (Å²) >= 11 is 5.28. The molecule has 2 rings (SSSR count). The number of rotatable bonds is 3. The summed E-state index contributed by atoms with van der Waals surface area (Å²) in [6.45, 7) is 2.12. The zero-order chi connectivity index (χ0) is 13.8. The van der Waals surface area contributed by atoms with Crippen LogP contribution in [0.5, 0.6) is 0 Å². The van der Waals surface area contributed by atoms with Crippen molar-refractivity contribution >= 4 is 18.2 Å². The number of hydrogen-bond donors (Lipinski definition) is 0. The molecule has 98 valence electrons. The Labute approximate surface area is 117 Å². The first-order chi connectivity index (χ1) is 9.13. The van der Waals surface area contributed by atoms with E-state index in [0.717, 1.165) is 11.3 Å². The van der Waals surface area contributed by atoms with Crippen LogP contribution in [0.25, 0.3) is 11.3 Å². The Kier molecular flexibility index (Phi) is 4.12. The lowest BCUT2D eigenvalue weighted by atomic mass is 10.1. The van der Waals surface area contributed by atoms with Gasteiger partial charge < -0.3 is 9.30 Å². The second-order valence-corrected chi connectivity index (χ2v) is 4.57. The average molecular weight is 273 g/mol. The van der Waals surface area contributed by atoms with Gasteiger partial charge in [0.05, 0.1) is 16.7 Å². The predicted octanol–water partition coefficient (Wildman–Crippen LogP) is 3.60. The highest BCUT2D eigenvalue weighted by Crippen LogP contribution is 2.20. The Bertz CT molecular complexity index is 647. The highest BCUT2D eigenvalue weighted by molar-refractivity contribution is 7.71. The molecule has 0 atom stereocenters. The van der Waals surface area contributed by atoms with Gasteiger partial charge >= 0.3 is 5.97 Å². The molecule has 0 amide bonds. The molecule has 4 heteroatoms. The molecule has 0 aliphatic rings. The second-order valence-electron chi connectivity index (χ2n) is 4.13. The molecule has 0 saturated heterocycles. The topological polar surface area (TPSA) is 31.2 Å². The van der Waals surface area contributed by atoms with Gasteiger partial charge in [-0.15, -0.1) is 0 Å². The molecule has 1 aromatic heterocycles. The van der Waals surface area contributed by atoms with Gasteiger partial charge in [-0.1, -0.05) is 42.5 Å². The number of pyridine rings is 1. The maximum absolute atomic E-state index is 11.8. The maximum atomic E-state index is 11.8. The van der Waals surface area contributed by atoms with Crippen LogP contribution in [-0.2, 0) is 11.8 Å². The van der Waals surface area contributed by atoms with Crippen molar-refractivity contribution in [3.63, 3.8) is 0 Å². The first kappa shape index (κ1) is 13.5. The van der Waals surface area contributed by atoms with E-state index >= 15 is 0 Å². The normalized spacial score (nSPS) is 10.2. The summed E-state index contributed by atoms with van der Waals surface area (Å²) in [6, 6.07) is 11.7. The fraction of sp³-hybridized carbons (Fsp3) is 0.200. The predicted molar refractivity (Wildman–Crippen MR) is 77.6 cm³/mol. The number of ether oxygens (including phenoxy) is 1. The first-order valence-electron chi connectivity index (χ1n) is 6.06. The highest BCUT2D eigenvalue weighted by atomic mass is 32.1. The van der Waals surface area contributed by atoms with Crippen molar-refractivity contribution in [3.8, 4) is 11.3 Å². The molecule has 1 heterocycles. The molecule has 1 aromatic carbocycles. The van der Waals surface area contributed by atoms with Crippen LogP contribution in [0.3, 0.4) is 0 Å². The van der Waals surface area contributed by atoms with Crippen molar-refractivity contribution in [2.45, 2.75) is 6.92 Å². The molecule has 0 bridgehead atoms. The van der Waals surface area contributed by atoms with Crippen LogP contribution in [-0.4, -0.2) is 17.1 Å². The van der Waals surface area contributed by atoms with Crippen molar-refractivity contribution in [3.05, 3.63) is 52.7 Å². The summed E-state index contributed by atoms with van der Waals surface area (Å²) in [5.74, 6) is -0.372. The van der Waals surface area contributed by atoms with Crippen LogP contribution in [0, 0.1) is 4.51 Å². The van der Waals surface area contributed by atoms with Gasteiger partial charge in [-0.05, 0) is 18.6 Å². The van der Waals surface area contributed by atoms with Gasteiger partial charge in [0.25, 0.3) is 0 Å². The second kappa shape index (κ2) is 5.80. The van der Waals surface area contributed by atoms with Crippen molar-refractivity contribution in [1.82, 2.24) is 4.57 Å². The van der Waals surface area contributed by atoms with Crippen LogP contribution in [0.1, 0.15) is 17.3 Å². The summed E-state index contributed by atoms with van der Waals surface area (Å²) < 4.78 is 7.39. The smallest absolute Gasteiger partial charge is 0.341 e. The number of carbonyl (C=O) groups excluding carboxylic acids is 1. The summed E-state index contributed by atoms with van der Waals surface area (Å²) in [5, 5.41) is 0. The molecule has 0 fully saturated rings. The van der Waals surface area contributed by atoms with E-state index in [1.807, 2.05) is 48.0 Å². The Morgan fingerprint density at radius 3 is 2.63 bits per heavy atom. The quantitative estimate of drug-likeness (QED) is 0.632. The molecule has 3 nitrogen and oxygen atoms in total. The summed E-state index contributed by atoms with van der Waals surface area (Å²) in [6.07, 6.45) is 1.72. The third-order valence-electron chi connectivity index (χ3n) is 2.80. The van der Waals surface area contributed by atoms with E-state index in [-0.39, 0.29) is 5.97 Å². The molecule has 0 aliphatic carbocycles. The highest BCUT2D eigenvalue weighted by Gasteiger charge is 2.11. The van der Waals surface area contributed by atoms with Crippen molar-refractivity contribution in [2.24, 2.45) is 7.05 Å². The number of esters is 1. The molecule has 0 radical (unpaired) electrons. The third-order valence-corrected chi connectivity index (χ3v) is 3.14. The fourth-order valence-electron chi connectivity index (χ4n) is 1.89. The minimum atomic E-state index is -0.372. The standard InChI is InChI=1S/C15H15NO2S/c1-3-18-15(17)12-10-16(2)13(9-14(12)19)11-7-5-4-6-8-11/h4-10H,3H2,1-2H3. The SMILES string of the molecule is CCOC(=O)c1cn(C)c(-c2ccccc2)cc1=S. The molecule has 0 aliphatic heterocycles. The van der Waals surface area contributed by atoms with Crippen molar-refractivity contribution in [1.29, 1.82) is 0 Å². The molecular weight excluding hydrogens is 258 g/mol. The van der Waals surface area contributed by atoms with E-state index in [1.165, 1.54) is 0 Å². The average Bonchev–Trinajstić information content (AvgIpc) is 2.42. The largest absolute Gasteiger partial charge is 0.462 e. The number of hydrogen-bond acceptors (Lipinski definition) is 3. The Hall–Kier alpha value is -1.94. The van der Waals surface area contributed by atoms with Gasteiger partial charge in [0, 0.05) is 18.9 Å². The van der Waals surface area contributed by atoms with E-state index in [9.17, 15) is 4.79 Å². The first-order valence-corrected chi connectivity index (χ1v) is 6.47. The molecule has 0 saturated carbocycles. The van der Waals surface area contributed by atoms with E-state index in [4.69, 9.17) is 17.0 Å². The lowest BCUT2D eigenvalue weighted by molar-refractivity contribution is 0.0525. The molecule has 19 heavy (non-hydrogen) atoms. The number of nitrogens with zero attached hydrogens (tertiary/aromatic N) is 1. The Balaban J connectivity index is 2.49. The van der Waals surface area contributed by atoms with E-state index in [1.54, 1.807) is 13.1 Å². The monoisotopic (exact) mass is 273 g/mol. The molecule has 0 N–H and O–H groups in total.